The quantitative estimate of drug-likeness (QED) is 0.321. The molecule has 10 heteroatoms. The number of amides is 1. The van der Waals surface area contributed by atoms with Crippen molar-refractivity contribution < 1.29 is 18.0 Å². The monoisotopic (exact) mass is 502 g/mol. The van der Waals surface area contributed by atoms with Crippen molar-refractivity contribution >= 4 is 33.7 Å². The summed E-state index contributed by atoms with van der Waals surface area (Å²) in [5.41, 5.74) is 2.29. The lowest BCUT2D eigenvalue weighted by molar-refractivity contribution is -0.137. The first-order valence-electron chi connectivity index (χ1n) is 11.8. The van der Waals surface area contributed by atoms with Gasteiger partial charge in [-0.1, -0.05) is 53.7 Å². The number of anilines is 1. The molecule has 1 aliphatic heterocycles. The molecule has 7 nitrogen and oxygen atoms in total. The van der Waals surface area contributed by atoms with Crippen LogP contribution >= 0.6 is 0 Å². The number of carbonyl (C=O) groups excluding carboxylic acids is 1. The summed E-state index contributed by atoms with van der Waals surface area (Å²) < 4.78 is 40.5. The molecule has 0 saturated carbocycles. The van der Waals surface area contributed by atoms with Gasteiger partial charge in [0.25, 0.3) is 0 Å². The van der Waals surface area contributed by atoms with Gasteiger partial charge in [-0.3, -0.25) is 0 Å². The van der Waals surface area contributed by atoms with Crippen LogP contribution in [-0.2, 0) is 6.18 Å². The SMILES string of the molecule is O=C(N1CCN(c2cccc(C(F)(F)F)c2)CC1)n1nnc2ccc(-c3cccc4ccccc34)nc21. The summed E-state index contributed by atoms with van der Waals surface area (Å²) in [7, 11) is 0. The highest BCUT2D eigenvalue weighted by Gasteiger charge is 2.31. The fourth-order valence-electron chi connectivity index (χ4n) is 4.71. The van der Waals surface area contributed by atoms with Crippen LogP contribution in [0.3, 0.4) is 0 Å². The van der Waals surface area contributed by atoms with Gasteiger partial charge < -0.3 is 9.80 Å². The number of alkyl halides is 3. The van der Waals surface area contributed by atoms with Crippen LogP contribution in [0, 0.1) is 0 Å². The zero-order valence-electron chi connectivity index (χ0n) is 19.6. The molecule has 0 bridgehead atoms. The molecule has 6 rings (SSSR count). The van der Waals surface area contributed by atoms with Crippen LogP contribution in [0.2, 0.25) is 0 Å². The van der Waals surface area contributed by atoms with Gasteiger partial charge in [0.1, 0.15) is 5.52 Å². The summed E-state index contributed by atoms with van der Waals surface area (Å²) in [5.74, 6) is 0. The van der Waals surface area contributed by atoms with E-state index in [2.05, 4.69) is 10.3 Å². The van der Waals surface area contributed by atoms with Gasteiger partial charge in [-0.25, -0.2) is 9.78 Å². The number of piperazine rings is 1. The van der Waals surface area contributed by atoms with Crippen molar-refractivity contribution in [2.75, 3.05) is 31.1 Å². The predicted octanol–water partition coefficient (Wildman–Crippen LogP) is 5.46. The van der Waals surface area contributed by atoms with Crippen LogP contribution in [0.5, 0.6) is 0 Å². The van der Waals surface area contributed by atoms with Crippen molar-refractivity contribution in [1.29, 1.82) is 0 Å². The van der Waals surface area contributed by atoms with E-state index >= 15 is 0 Å². The van der Waals surface area contributed by atoms with E-state index in [0.29, 0.717) is 48.7 Å². The Morgan fingerprint density at radius 2 is 1.59 bits per heavy atom. The molecule has 3 heterocycles. The summed E-state index contributed by atoms with van der Waals surface area (Å²) in [6.45, 7) is 1.46. The Morgan fingerprint density at radius 1 is 0.838 bits per heavy atom. The van der Waals surface area contributed by atoms with Gasteiger partial charge in [0.05, 0.1) is 11.3 Å². The summed E-state index contributed by atoms with van der Waals surface area (Å²) in [6.07, 6.45) is -4.40. The fraction of sp³-hybridized carbons (Fsp3) is 0.185. The number of halogens is 3. The Hall–Kier alpha value is -4.47. The van der Waals surface area contributed by atoms with Gasteiger partial charge in [-0.15, -0.1) is 9.78 Å². The van der Waals surface area contributed by atoms with Crippen molar-refractivity contribution in [2.45, 2.75) is 6.18 Å². The number of aromatic nitrogens is 4. The molecule has 0 N–H and O–H groups in total. The molecule has 37 heavy (non-hydrogen) atoms. The molecule has 2 aromatic heterocycles. The number of benzene rings is 3. The van der Waals surface area contributed by atoms with Crippen molar-refractivity contribution in [3.63, 3.8) is 0 Å². The number of nitrogens with zero attached hydrogens (tertiary/aromatic N) is 6. The highest BCUT2D eigenvalue weighted by molar-refractivity contribution is 5.97. The molecule has 1 aliphatic rings. The Labute approximate surface area is 209 Å². The second kappa shape index (κ2) is 8.88. The van der Waals surface area contributed by atoms with E-state index in [9.17, 15) is 18.0 Å². The zero-order chi connectivity index (χ0) is 25.6. The molecule has 0 aliphatic carbocycles. The van der Waals surface area contributed by atoms with Crippen LogP contribution in [0.25, 0.3) is 33.2 Å². The molecular weight excluding hydrogens is 481 g/mol. The third-order valence-corrected chi connectivity index (χ3v) is 6.63. The van der Waals surface area contributed by atoms with Crippen LogP contribution in [-0.4, -0.2) is 57.1 Å². The molecule has 0 spiro atoms. The Balaban J connectivity index is 1.24. The standard InChI is InChI=1S/C27H21F3N6O/c28-27(29,30)19-7-4-8-20(17-19)34-13-15-35(16-14-34)26(37)36-25-24(32-33-36)12-11-23(31-25)22-10-3-6-18-5-1-2-9-21(18)22/h1-12,17H,13-16H2. The lowest BCUT2D eigenvalue weighted by Gasteiger charge is -2.35. The third kappa shape index (κ3) is 4.24. The predicted molar refractivity (Wildman–Crippen MR) is 134 cm³/mol. The molecule has 1 fully saturated rings. The second-order valence-corrected chi connectivity index (χ2v) is 8.87. The number of rotatable bonds is 2. The molecule has 5 aromatic rings. The van der Waals surface area contributed by atoms with E-state index in [-0.39, 0.29) is 6.03 Å². The van der Waals surface area contributed by atoms with E-state index < -0.39 is 11.7 Å². The van der Waals surface area contributed by atoms with Crippen LogP contribution in [0.1, 0.15) is 5.56 Å². The second-order valence-electron chi connectivity index (χ2n) is 8.87. The number of hydrogen-bond donors (Lipinski definition) is 0. The summed E-state index contributed by atoms with van der Waals surface area (Å²) in [5, 5.41) is 10.3. The van der Waals surface area contributed by atoms with Crippen molar-refractivity contribution in [1.82, 2.24) is 24.9 Å². The minimum absolute atomic E-state index is 0.333. The molecule has 186 valence electrons. The summed E-state index contributed by atoms with van der Waals surface area (Å²) in [4.78, 5) is 21.5. The number of pyridine rings is 1. The molecule has 0 radical (unpaired) electrons. The van der Waals surface area contributed by atoms with Crippen molar-refractivity contribution in [3.05, 3.63) is 84.4 Å². The molecule has 0 unspecified atom stereocenters. The Kier molecular flexibility index (Phi) is 5.51. The molecule has 3 aromatic carbocycles. The largest absolute Gasteiger partial charge is 0.416 e. The van der Waals surface area contributed by atoms with Gasteiger partial charge in [-0.05, 0) is 41.1 Å². The molecule has 0 atom stereocenters. The molecular formula is C27H21F3N6O. The first-order chi connectivity index (χ1) is 17.9. The maximum atomic E-state index is 13.3. The fourth-order valence-corrected chi connectivity index (χ4v) is 4.71. The first-order valence-corrected chi connectivity index (χ1v) is 11.8. The lowest BCUT2D eigenvalue weighted by Crippen LogP contribution is -2.50. The van der Waals surface area contributed by atoms with Crippen molar-refractivity contribution in [2.24, 2.45) is 0 Å². The van der Waals surface area contributed by atoms with Crippen LogP contribution < -0.4 is 4.90 Å². The third-order valence-electron chi connectivity index (χ3n) is 6.63. The smallest absolute Gasteiger partial charge is 0.368 e. The van der Waals surface area contributed by atoms with Gasteiger partial charge >= 0.3 is 12.2 Å². The highest BCUT2D eigenvalue weighted by atomic mass is 19.4. The summed E-state index contributed by atoms with van der Waals surface area (Å²) in [6, 6.07) is 22.5. The van der Waals surface area contributed by atoms with Crippen molar-refractivity contribution in [3.8, 4) is 11.3 Å². The van der Waals surface area contributed by atoms with E-state index in [4.69, 9.17) is 4.98 Å². The van der Waals surface area contributed by atoms with Gasteiger partial charge in [0, 0.05) is 37.4 Å². The van der Waals surface area contributed by atoms with E-state index in [1.807, 2.05) is 53.4 Å². The number of carbonyl (C=O) groups is 1. The van der Waals surface area contributed by atoms with E-state index in [1.54, 1.807) is 17.0 Å². The number of hydrogen-bond acceptors (Lipinski definition) is 5. The number of fused-ring (bicyclic) bond motifs is 2. The minimum atomic E-state index is -4.40. The highest BCUT2D eigenvalue weighted by Crippen LogP contribution is 2.32. The summed E-state index contributed by atoms with van der Waals surface area (Å²) >= 11 is 0. The molecule has 1 amide bonds. The van der Waals surface area contributed by atoms with E-state index in [0.717, 1.165) is 28.5 Å². The topological polar surface area (TPSA) is 67.2 Å². The zero-order valence-corrected chi connectivity index (χ0v) is 19.6. The maximum Gasteiger partial charge on any atom is 0.416 e. The minimum Gasteiger partial charge on any atom is -0.368 e. The normalized spacial score (nSPS) is 14.5. The van der Waals surface area contributed by atoms with Gasteiger partial charge in [0.2, 0.25) is 0 Å². The Morgan fingerprint density at radius 3 is 2.41 bits per heavy atom. The Bertz CT molecular complexity index is 1620. The first kappa shape index (κ1) is 23.0. The van der Waals surface area contributed by atoms with Gasteiger partial charge in [-0.2, -0.15) is 13.2 Å². The molecule has 1 saturated heterocycles. The van der Waals surface area contributed by atoms with Crippen LogP contribution in [0.15, 0.2) is 78.9 Å². The average Bonchev–Trinajstić information content (AvgIpc) is 3.35. The van der Waals surface area contributed by atoms with Crippen LogP contribution in [0.4, 0.5) is 23.7 Å². The average molecular weight is 503 g/mol. The van der Waals surface area contributed by atoms with E-state index in [1.165, 1.54) is 10.7 Å². The maximum absolute atomic E-state index is 13.3. The lowest BCUT2D eigenvalue weighted by atomic mass is 10.0. The van der Waals surface area contributed by atoms with Gasteiger partial charge in [0.15, 0.2) is 5.65 Å².